The van der Waals surface area contributed by atoms with Crippen LogP contribution < -0.4 is 0 Å². The smallest absolute Gasteiger partial charge is 0.173 e. The van der Waals surface area contributed by atoms with Gasteiger partial charge in [-0.2, -0.15) is 0 Å². The summed E-state index contributed by atoms with van der Waals surface area (Å²) in [5.74, 6) is 0.120. The Kier molecular flexibility index (Phi) is 2.47. The van der Waals surface area contributed by atoms with E-state index in [-0.39, 0.29) is 5.78 Å². The van der Waals surface area contributed by atoms with Crippen LogP contribution in [-0.2, 0) is 18.0 Å². The highest BCUT2D eigenvalue weighted by Gasteiger charge is 2.13. The molecule has 1 aliphatic heterocycles. The number of carbonyl (C=O) groups excluding carboxylic acids is 1. The normalized spacial score (nSPS) is 14.2. The number of benzene rings is 1. The standard InChI is InChI=1S/C10H9BrO2/c11-4-10(12)7-1-2-8-5-13-6-9(8)3-7/h1-3H,4-6H2. The van der Waals surface area contributed by atoms with Crippen molar-refractivity contribution >= 4 is 21.7 Å². The molecule has 3 heteroatoms. The Balaban J connectivity index is 2.36. The van der Waals surface area contributed by atoms with Gasteiger partial charge in [-0.3, -0.25) is 4.79 Å². The van der Waals surface area contributed by atoms with E-state index in [1.54, 1.807) is 0 Å². The molecule has 0 N–H and O–H groups in total. The van der Waals surface area contributed by atoms with Gasteiger partial charge in [-0.05, 0) is 17.2 Å². The first kappa shape index (κ1) is 8.91. The van der Waals surface area contributed by atoms with Crippen LogP contribution in [0, 0.1) is 0 Å². The van der Waals surface area contributed by atoms with Gasteiger partial charge in [-0.1, -0.05) is 28.1 Å². The van der Waals surface area contributed by atoms with Crippen LogP contribution in [0.25, 0.3) is 0 Å². The quantitative estimate of drug-likeness (QED) is 0.586. The van der Waals surface area contributed by atoms with Crippen molar-refractivity contribution in [2.24, 2.45) is 0 Å². The Labute approximate surface area is 85.0 Å². The first-order valence-electron chi connectivity index (χ1n) is 4.10. The molecule has 13 heavy (non-hydrogen) atoms. The molecule has 0 amide bonds. The second kappa shape index (κ2) is 3.60. The summed E-state index contributed by atoms with van der Waals surface area (Å²) in [7, 11) is 0. The molecule has 0 bridgehead atoms. The number of halogens is 1. The van der Waals surface area contributed by atoms with Gasteiger partial charge in [-0.25, -0.2) is 0 Å². The van der Waals surface area contributed by atoms with E-state index in [0.29, 0.717) is 18.5 Å². The van der Waals surface area contributed by atoms with E-state index >= 15 is 0 Å². The highest BCUT2D eigenvalue weighted by molar-refractivity contribution is 9.09. The van der Waals surface area contributed by atoms with Crippen LogP contribution in [0.3, 0.4) is 0 Å². The van der Waals surface area contributed by atoms with E-state index in [1.807, 2.05) is 18.2 Å². The lowest BCUT2D eigenvalue weighted by molar-refractivity contribution is 0.102. The van der Waals surface area contributed by atoms with Crippen molar-refractivity contribution in [1.29, 1.82) is 0 Å². The predicted molar refractivity (Wildman–Crippen MR) is 53.1 cm³/mol. The summed E-state index contributed by atoms with van der Waals surface area (Å²) < 4.78 is 5.26. The van der Waals surface area contributed by atoms with Gasteiger partial charge in [0, 0.05) is 5.56 Å². The molecule has 2 nitrogen and oxygen atoms in total. The van der Waals surface area contributed by atoms with Crippen LogP contribution in [0.4, 0.5) is 0 Å². The second-order valence-corrected chi connectivity index (χ2v) is 3.59. The summed E-state index contributed by atoms with van der Waals surface area (Å²) in [4.78, 5) is 11.3. The molecule has 68 valence electrons. The lowest BCUT2D eigenvalue weighted by atomic mass is 10.0. The Morgan fingerprint density at radius 3 is 2.92 bits per heavy atom. The van der Waals surface area contributed by atoms with E-state index in [4.69, 9.17) is 4.74 Å². The summed E-state index contributed by atoms with van der Waals surface area (Å²) in [5.41, 5.74) is 3.11. The van der Waals surface area contributed by atoms with Crippen molar-refractivity contribution in [3.63, 3.8) is 0 Å². The van der Waals surface area contributed by atoms with E-state index in [9.17, 15) is 4.79 Å². The van der Waals surface area contributed by atoms with Crippen LogP contribution in [0.1, 0.15) is 21.5 Å². The molecule has 0 fully saturated rings. The third-order valence-electron chi connectivity index (χ3n) is 2.16. The number of alkyl halides is 1. The van der Waals surface area contributed by atoms with Crippen molar-refractivity contribution in [2.45, 2.75) is 13.2 Å². The third kappa shape index (κ3) is 1.67. The molecule has 0 saturated heterocycles. The predicted octanol–water partition coefficient (Wildman–Crippen LogP) is 2.29. The SMILES string of the molecule is O=C(CBr)c1ccc2c(c1)COC2. The van der Waals surface area contributed by atoms with Gasteiger partial charge >= 0.3 is 0 Å². The van der Waals surface area contributed by atoms with Crippen LogP contribution >= 0.6 is 15.9 Å². The van der Waals surface area contributed by atoms with Gasteiger partial charge in [0.2, 0.25) is 0 Å². The van der Waals surface area contributed by atoms with Gasteiger partial charge in [0.05, 0.1) is 18.5 Å². The maximum Gasteiger partial charge on any atom is 0.173 e. The minimum atomic E-state index is 0.120. The van der Waals surface area contributed by atoms with E-state index in [0.717, 1.165) is 11.1 Å². The third-order valence-corrected chi connectivity index (χ3v) is 2.67. The Morgan fingerprint density at radius 1 is 1.38 bits per heavy atom. The zero-order chi connectivity index (χ0) is 9.26. The van der Waals surface area contributed by atoms with Crippen molar-refractivity contribution in [3.8, 4) is 0 Å². The molecule has 0 atom stereocenters. The first-order valence-corrected chi connectivity index (χ1v) is 5.22. The van der Waals surface area contributed by atoms with Crippen LogP contribution in [0.15, 0.2) is 18.2 Å². The molecule has 1 aliphatic rings. The summed E-state index contributed by atoms with van der Waals surface area (Å²) in [6.45, 7) is 1.32. The van der Waals surface area contributed by atoms with Crippen molar-refractivity contribution in [1.82, 2.24) is 0 Å². The van der Waals surface area contributed by atoms with Crippen molar-refractivity contribution < 1.29 is 9.53 Å². The molecule has 1 aromatic rings. The van der Waals surface area contributed by atoms with Gasteiger partial charge in [0.15, 0.2) is 5.78 Å². The minimum Gasteiger partial charge on any atom is -0.372 e. The van der Waals surface area contributed by atoms with Crippen molar-refractivity contribution in [3.05, 3.63) is 34.9 Å². The fourth-order valence-electron chi connectivity index (χ4n) is 1.42. The molecule has 0 radical (unpaired) electrons. The maximum atomic E-state index is 11.3. The monoisotopic (exact) mass is 240 g/mol. The van der Waals surface area contributed by atoms with Gasteiger partial charge < -0.3 is 4.74 Å². The first-order chi connectivity index (χ1) is 6.31. The van der Waals surface area contributed by atoms with Crippen LogP contribution in [0.5, 0.6) is 0 Å². The number of ketones is 1. The van der Waals surface area contributed by atoms with Gasteiger partial charge in [-0.15, -0.1) is 0 Å². The molecule has 0 aromatic heterocycles. The minimum absolute atomic E-state index is 0.120. The second-order valence-electron chi connectivity index (χ2n) is 3.03. The fraction of sp³-hybridized carbons (Fsp3) is 0.300. The molecule has 0 spiro atoms. The zero-order valence-corrected chi connectivity index (χ0v) is 8.63. The van der Waals surface area contributed by atoms with Crippen LogP contribution in [0.2, 0.25) is 0 Å². The lowest BCUT2D eigenvalue weighted by Crippen LogP contribution is -2.00. The Bertz CT molecular complexity index is 347. The largest absolute Gasteiger partial charge is 0.372 e. The topological polar surface area (TPSA) is 26.3 Å². The number of hydrogen-bond acceptors (Lipinski definition) is 2. The molecule has 0 aliphatic carbocycles. The number of hydrogen-bond donors (Lipinski definition) is 0. The van der Waals surface area contributed by atoms with E-state index in [1.165, 1.54) is 5.56 Å². The highest BCUT2D eigenvalue weighted by atomic mass is 79.9. The van der Waals surface area contributed by atoms with Gasteiger partial charge in [0.1, 0.15) is 0 Å². The maximum absolute atomic E-state index is 11.3. The molecule has 0 unspecified atom stereocenters. The number of fused-ring (bicyclic) bond motifs is 1. The Hall–Kier alpha value is -0.670. The molecule has 0 saturated carbocycles. The van der Waals surface area contributed by atoms with Crippen molar-refractivity contribution in [2.75, 3.05) is 5.33 Å². The summed E-state index contributed by atoms with van der Waals surface area (Å²) in [6, 6.07) is 5.75. The zero-order valence-electron chi connectivity index (χ0n) is 7.05. The van der Waals surface area contributed by atoms with E-state index in [2.05, 4.69) is 15.9 Å². The fourth-order valence-corrected chi connectivity index (χ4v) is 1.75. The average Bonchev–Trinajstić information content (AvgIpc) is 2.63. The lowest BCUT2D eigenvalue weighted by Gasteiger charge is -2.00. The molecule has 2 rings (SSSR count). The molecular formula is C10H9BrO2. The molecule has 1 heterocycles. The molecular weight excluding hydrogens is 232 g/mol. The highest BCUT2D eigenvalue weighted by Crippen LogP contribution is 2.21. The number of carbonyl (C=O) groups is 1. The number of rotatable bonds is 2. The Morgan fingerprint density at radius 2 is 2.15 bits per heavy atom. The van der Waals surface area contributed by atoms with E-state index < -0.39 is 0 Å². The van der Waals surface area contributed by atoms with Crippen LogP contribution in [-0.4, -0.2) is 11.1 Å². The van der Waals surface area contributed by atoms with Gasteiger partial charge in [0.25, 0.3) is 0 Å². The summed E-state index contributed by atoms with van der Waals surface area (Å²) in [6.07, 6.45) is 0. The summed E-state index contributed by atoms with van der Waals surface area (Å²) in [5, 5.41) is 0.382. The number of ether oxygens (including phenoxy) is 1. The average molecular weight is 241 g/mol. The number of Topliss-reactive ketones (excluding diaryl/α,β-unsaturated/α-hetero) is 1. The molecule has 1 aromatic carbocycles. The summed E-state index contributed by atoms with van der Waals surface area (Å²) >= 11 is 3.15.